The molecule has 6 heteroatoms. The molecular formula is C13H16FN3OS. The Bertz CT molecular complexity index is 607. The number of nitrogen functional groups attached to an aromatic ring is 1. The molecule has 1 aliphatic heterocycles. The lowest BCUT2D eigenvalue weighted by Crippen LogP contribution is -2.17. The highest BCUT2D eigenvalue weighted by atomic mass is 32.2. The molecule has 2 aromatic rings. The molecule has 1 fully saturated rings. The summed E-state index contributed by atoms with van der Waals surface area (Å²) in [5.41, 5.74) is 7.45. The van der Waals surface area contributed by atoms with Crippen LogP contribution < -0.4 is 10.5 Å². The predicted molar refractivity (Wildman–Crippen MR) is 76.3 cm³/mol. The van der Waals surface area contributed by atoms with Crippen molar-refractivity contribution < 1.29 is 9.13 Å². The van der Waals surface area contributed by atoms with Gasteiger partial charge in [-0.05, 0) is 24.3 Å². The second-order valence-corrected chi connectivity index (χ2v) is 5.88. The summed E-state index contributed by atoms with van der Waals surface area (Å²) in [5.74, 6) is 2.54. The van der Waals surface area contributed by atoms with Gasteiger partial charge in [0.1, 0.15) is 0 Å². The van der Waals surface area contributed by atoms with E-state index in [1.807, 2.05) is 16.3 Å². The molecule has 0 atom stereocenters. The number of ether oxygens (including phenoxy) is 1. The Morgan fingerprint density at radius 2 is 2.16 bits per heavy atom. The zero-order chi connectivity index (χ0) is 13.4. The highest BCUT2D eigenvalue weighted by Crippen LogP contribution is 2.34. The zero-order valence-electron chi connectivity index (χ0n) is 10.7. The number of hydrogen-bond donors (Lipinski definition) is 1. The number of halogens is 1. The lowest BCUT2D eigenvalue weighted by molar-refractivity contribution is 0.387. The van der Waals surface area contributed by atoms with Crippen molar-refractivity contribution in [2.24, 2.45) is 0 Å². The smallest absolute Gasteiger partial charge is 0.201 e. The maximum absolute atomic E-state index is 13.7. The number of benzene rings is 1. The van der Waals surface area contributed by atoms with Crippen LogP contribution in [0.5, 0.6) is 5.75 Å². The standard InChI is InChI=1S/C13H16FN3OS/c1-18-12-7-11-10(6-9(12)14)16-13(15)17(11)8-2-4-19-5-3-8/h6-8H,2-5H2,1H3,(H2,15,16). The van der Waals surface area contributed by atoms with Crippen molar-refractivity contribution in [1.29, 1.82) is 0 Å². The van der Waals surface area contributed by atoms with Crippen LogP contribution in [-0.2, 0) is 0 Å². The summed E-state index contributed by atoms with van der Waals surface area (Å²) in [6, 6.07) is 3.43. The molecule has 0 aliphatic carbocycles. The molecule has 0 unspecified atom stereocenters. The highest BCUT2D eigenvalue weighted by Gasteiger charge is 2.21. The van der Waals surface area contributed by atoms with Crippen molar-refractivity contribution >= 4 is 28.7 Å². The van der Waals surface area contributed by atoms with Crippen LogP contribution in [-0.4, -0.2) is 28.2 Å². The molecule has 2 N–H and O–H groups in total. The maximum Gasteiger partial charge on any atom is 0.201 e. The SMILES string of the molecule is COc1cc2c(cc1F)nc(N)n2C1CCSCC1. The fourth-order valence-electron chi connectivity index (χ4n) is 2.60. The molecule has 0 radical (unpaired) electrons. The summed E-state index contributed by atoms with van der Waals surface area (Å²) >= 11 is 1.96. The van der Waals surface area contributed by atoms with Crippen LogP contribution >= 0.6 is 11.8 Å². The van der Waals surface area contributed by atoms with Crippen LogP contribution in [0, 0.1) is 5.82 Å². The van der Waals surface area contributed by atoms with Gasteiger partial charge in [-0.25, -0.2) is 9.37 Å². The Labute approximate surface area is 115 Å². The normalized spacial score (nSPS) is 16.9. The fraction of sp³-hybridized carbons (Fsp3) is 0.462. The first kappa shape index (κ1) is 12.6. The van der Waals surface area contributed by atoms with E-state index < -0.39 is 5.82 Å². The van der Waals surface area contributed by atoms with Gasteiger partial charge in [-0.15, -0.1) is 0 Å². The van der Waals surface area contributed by atoms with Crippen LogP contribution in [0.2, 0.25) is 0 Å². The number of rotatable bonds is 2. The predicted octanol–water partition coefficient (Wildman–Crippen LogP) is 2.83. The summed E-state index contributed by atoms with van der Waals surface area (Å²) in [6.07, 6.45) is 2.14. The van der Waals surface area contributed by atoms with Gasteiger partial charge in [0.15, 0.2) is 11.6 Å². The van der Waals surface area contributed by atoms with Gasteiger partial charge in [-0.1, -0.05) is 0 Å². The molecule has 1 aliphatic rings. The number of thioether (sulfide) groups is 1. The van der Waals surface area contributed by atoms with E-state index in [4.69, 9.17) is 10.5 Å². The van der Waals surface area contributed by atoms with Gasteiger partial charge < -0.3 is 15.0 Å². The third-order valence-corrected chi connectivity index (χ3v) is 4.60. The molecular weight excluding hydrogens is 265 g/mol. The zero-order valence-corrected chi connectivity index (χ0v) is 11.5. The average Bonchev–Trinajstić information content (AvgIpc) is 2.73. The van der Waals surface area contributed by atoms with Gasteiger partial charge in [-0.3, -0.25) is 0 Å². The average molecular weight is 281 g/mol. The number of hydrogen-bond acceptors (Lipinski definition) is 4. The second kappa shape index (κ2) is 4.92. The number of fused-ring (bicyclic) bond motifs is 1. The molecule has 2 heterocycles. The Kier molecular flexibility index (Phi) is 3.26. The van der Waals surface area contributed by atoms with E-state index in [0.717, 1.165) is 29.9 Å². The summed E-state index contributed by atoms with van der Waals surface area (Å²) in [7, 11) is 1.46. The Morgan fingerprint density at radius 3 is 2.84 bits per heavy atom. The minimum atomic E-state index is -0.404. The molecule has 1 aromatic carbocycles. The summed E-state index contributed by atoms with van der Waals surface area (Å²) < 4.78 is 20.8. The number of nitrogens with zero attached hydrogens (tertiary/aromatic N) is 2. The van der Waals surface area contributed by atoms with Crippen molar-refractivity contribution in [2.75, 3.05) is 24.3 Å². The first-order valence-corrected chi connectivity index (χ1v) is 7.45. The molecule has 0 spiro atoms. The number of aromatic nitrogens is 2. The van der Waals surface area contributed by atoms with Crippen LogP contribution in [0.15, 0.2) is 12.1 Å². The molecule has 102 valence electrons. The van der Waals surface area contributed by atoms with Crippen molar-refractivity contribution in [1.82, 2.24) is 9.55 Å². The molecule has 4 nitrogen and oxygen atoms in total. The van der Waals surface area contributed by atoms with Gasteiger partial charge in [0.2, 0.25) is 5.95 Å². The molecule has 3 rings (SSSR count). The van der Waals surface area contributed by atoms with E-state index in [2.05, 4.69) is 4.98 Å². The molecule has 0 amide bonds. The fourth-order valence-corrected chi connectivity index (χ4v) is 3.68. The quantitative estimate of drug-likeness (QED) is 0.919. The van der Waals surface area contributed by atoms with E-state index in [1.165, 1.54) is 13.2 Å². The Balaban J connectivity index is 2.14. The second-order valence-electron chi connectivity index (χ2n) is 4.66. The van der Waals surface area contributed by atoms with Gasteiger partial charge in [-0.2, -0.15) is 11.8 Å². The van der Waals surface area contributed by atoms with E-state index in [-0.39, 0.29) is 5.75 Å². The monoisotopic (exact) mass is 281 g/mol. The highest BCUT2D eigenvalue weighted by molar-refractivity contribution is 7.99. The van der Waals surface area contributed by atoms with Crippen LogP contribution in [0.3, 0.4) is 0 Å². The van der Waals surface area contributed by atoms with Crippen molar-refractivity contribution in [3.05, 3.63) is 17.9 Å². The van der Waals surface area contributed by atoms with Crippen molar-refractivity contribution in [3.8, 4) is 5.75 Å². The lowest BCUT2D eigenvalue weighted by Gasteiger charge is -2.24. The van der Waals surface area contributed by atoms with Gasteiger partial charge in [0, 0.05) is 18.2 Å². The van der Waals surface area contributed by atoms with Crippen LogP contribution in [0.1, 0.15) is 18.9 Å². The number of imidazole rings is 1. The molecule has 19 heavy (non-hydrogen) atoms. The largest absolute Gasteiger partial charge is 0.494 e. The number of methoxy groups -OCH3 is 1. The topological polar surface area (TPSA) is 53.1 Å². The number of anilines is 1. The minimum Gasteiger partial charge on any atom is -0.494 e. The third kappa shape index (κ3) is 2.14. The van der Waals surface area contributed by atoms with Crippen LogP contribution in [0.25, 0.3) is 11.0 Å². The summed E-state index contributed by atoms with van der Waals surface area (Å²) in [6.45, 7) is 0. The Morgan fingerprint density at radius 1 is 1.42 bits per heavy atom. The molecule has 0 bridgehead atoms. The summed E-state index contributed by atoms with van der Waals surface area (Å²) in [5, 5.41) is 0. The molecule has 1 aromatic heterocycles. The van der Waals surface area contributed by atoms with Crippen LogP contribution in [0.4, 0.5) is 10.3 Å². The lowest BCUT2D eigenvalue weighted by atomic mass is 10.1. The van der Waals surface area contributed by atoms with E-state index in [9.17, 15) is 4.39 Å². The van der Waals surface area contributed by atoms with E-state index >= 15 is 0 Å². The van der Waals surface area contributed by atoms with E-state index in [0.29, 0.717) is 17.5 Å². The Hall–Kier alpha value is -1.43. The van der Waals surface area contributed by atoms with Crippen molar-refractivity contribution in [3.63, 3.8) is 0 Å². The first-order valence-electron chi connectivity index (χ1n) is 6.29. The first-order chi connectivity index (χ1) is 9.20. The van der Waals surface area contributed by atoms with Gasteiger partial charge in [0.25, 0.3) is 0 Å². The summed E-state index contributed by atoms with van der Waals surface area (Å²) in [4.78, 5) is 4.26. The van der Waals surface area contributed by atoms with Gasteiger partial charge in [0.05, 0.1) is 18.1 Å². The molecule has 0 saturated carbocycles. The van der Waals surface area contributed by atoms with Gasteiger partial charge >= 0.3 is 0 Å². The minimum absolute atomic E-state index is 0.235. The maximum atomic E-state index is 13.7. The number of nitrogens with two attached hydrogens (primary N) is 1. The van der Waals surface area contributed by atoms with Crippen molar-refractivity contribution in [2.45, 2.75) is 18.9 Å². The van der Waals surface area contributed by atoms with E-state index in [1.54, 1.807) is 6.07 Å². The third-order valence-electron chi connectivity index (χ3n) is 3.55. The molecule has 1 saturated heterocycles.